The van der Waals surface area contributed by atoms with Crippen LogP contribution in [0.25, 0.3) is 0 Å². The Balaban J connectivity index is 1.77. The Morgan fingerprint density at radius 1 is 0.978 bits per heavy atom. The highest BCUT2D eigenvalue weighted by Crippen LogP contribution is 2.22. The molecule has 14 heteroatoms. The Hall–Kier alpha value is -4.88. The number of rotatable bonds is 14. The van der Waals surface area contributed by atoms with Gasteiger partial charge in [0.15, 0.2) is 0 Å². The molecule has 5 amide bonds. The van der Waals surface area contributed by atoms with Crippen LogP contribution in [0.15, 0.2) is 48.9 Å². The molecule has 3 rings (SSSR count). The molecule has 1 fully saturated rings. The van der Waals surface area contributed by atoms with Crippen LogP contribution in [0.1, 0.15) is 63.5 Å². The van der Waals surface area contributed by atoms with E-state index in [0.717, 1.165) is 5.56 Å². The fourth-order valence-corrected chi connectivity index (χ4v) is 4.98. The first-order chi connectivity index (χ1) is 21.9. The standard InChI is InChI=1S/C32H43N7O7/c1-6-22(17-40)35-29(42)25-14-23(36-32(45)46-18-21-10-8-7-9-11-21)16-39(25)31(44)27(20(4)5)38-30(43)26(19(2)3)37-28(41)24-15-33-12-13-34-24/h7-13,15,17,19-20,22-23,25-27H,6,14,16,18H2,1-5H3,(H,35,42)(H,36,45)(H,37,41)(H,38,43)/t22-,23+,25-,26-,27-/m0/s1. The summed E-state index contributed by atoms with van der Waals surface area (Å²) in [5.74, 6) is -3.06. The zero-order chi connectivity index (χ0) is 33.8. The summed E-state index contributed by atoms with van der Waals surface area (Å²) >= 11 is 0. The van der Waals surface area contributed by atoms with Crippen molar-refractivity contribution in [3.8, 4) is 0 Å². The molecule has 46 heavy (non-hydrogen) atoms. The van der Waals surface area contributed by atoms with Gasteiger partial charge < -0.3 is 35.7 Å². The Morgan fingerprint density at radius 2 is 1.67 bits per heavy atom. The van der Waals surface area contributed by atoms with Crippen LogP contribution in [0.2, 0.25) is 0 Å². The van der Waals surface area contributed by atoms with E-state index < -0.39 is 65.8 Å². The van der Waals surface area contributed by atoms with Crippen molar-refractivity contribution in [1.82, 2.24) is 36.1 Å². The average molecular weight is 638 g/mol. The van der Waals surface area contributed by atoms with Gasteiger partial charge in [0.2, 0.25) is 17.7 Å². The number of carbonyl (C=O) groups is 6. The summed E-state index contributed by atoms with van der Waals surface area (Å²) in [5, 5.41) is 10.8. The van der Waals surface area contributed by atoms with Crippen LogP contribution in [-0.2, 0) is 30.5 Å². The van der Waals surface area contributed by atoms with Crippen LogP contribution in [0.5, 0.6) is 0 Å². The summed E-state index contributed by atoms with van der Waals surface area (Å²) in [6.45, 7) is 8.72. The minimum Gasteiger partial charge on any atom is -0.445 e. The van der Waals surface area contributed by atoms with E-state index in [0.29, 0.717) is 12.7 Å². The van der Waals surface area contributed by atoms with E-state index in [9.17, 15) is 28.8 Å². The van der Waals surface area contributed by atoms with Crippen LogP contribution in [0.3, 0.4) is 0 Å². The maximum absolute atomic E-state index is 14.1. The molecule has 14 nitrogen and oxygen atoms in total. The first kappa shape index (κ1) is 35.6. The molecule has 0 saturated carbocycles. The number of carbonyl (C=O) groups excluding carboxylic acids is 6. The van der Waals surface area contributed by atoms with E-state index in [2.05, 4.69) is 31.2 Å². The molecule has 1 aromatic carbocycles. The fraction of sp³-hybridized carbons (Fsp3) is 0.500. The lowest BCUT2D eigenvalue weighted by atomic mass is 9.98. The number of ether oxygens (including phenoxy) is 1. The van der Waals surface area contributed by atoms with Gasteiger partial charge in [-0.2, -0.15) is 0 Å². The minimum absolute atomic E-state index is 0.0323. The lowest BCUT2D eigenvalue weighted by Gasteiger charge is -2.32. The van der Waals surface area contributed by atoms with Crippen LogP contribution < -0.4 is 21.3 Å². The van der Waals surface area contributed by atoms with Crippen LogP contribution in [-0.4, -0.2) is 87.6 Å². The van der Waals surface area contributed by atoms with Gasteiger partial charge in [-0.1, -0.05) is 65.0 Å². The van der Waals surface area contributed by atoms with Crippen molar-refractivity contribution >= 4 is 36.0 Å². The first-order valence-corrected chi connectivity index (χ1v) is 15.4. The van der Waals surface area contributed by atoms with Crippen molar-refractivity contribution in [1.29, 1.82) is 0 Å². The predicted octanol–water partition coefficient (Wildman–Crippen LogP) is 1.36. The first-order valence-electron chi connectivity index (χ1n) is 15.4. The van der Waals surface area contributed by atoms with Gasteiger partial charge in [0.25, 0.3) is 5.91 Å². The van der Waals surface area contributed by atoms with Gasteiger partial charge in [0, 0.05) is 18.9 Å². The number of hydrogen-bond acceptors (Lipinski definition) is 9. The summed E-state index contributed by atoms with van der Waals surface area (Å²) in [4.78, 5) is 86.9. The number of benzene rings is 1. The second-order valence-corrected chi connectivity index (χ2v) is 11.8. The number of hydrogen-bond donors (Lipinski definition) is 4. The highest BCUT2D eigenvalue weighted by molar-refractivity contribution is 5.98. The van der Waals surface area contributed by atoms with E-state index in [1.165, 1.54) is 23.5 Å². The summed E-state index contributed by atoms with van der Waals surface area (Å²) in [5.41, 5.74) is 0.825. The Morgan fingerprint density at radius 3 is 2.26 bits per heavy atom. The van der Waals surface area contributed by atoms with E-state index >= 15 is 0 Å². The zero-order valence-electron chi connectivity index (χ0n) is 26.8. The van der Waals surface area contributed by atoms with Gasteiger partial charge in [-0.3, -0.25) is 24.2 Å². The lowest BCUT2D eigenvalue weighted by molar-refractivity contribution is -0.143. The van der Waals surface area contributed by atoms with Gasteiger partial charge in [0.1, 0.15) is 36.7 Å². The average Bonchev–Trinajstić information content (AvgIpc) is 3.47. The number of nitrogens with zero attached hydrogens (tertiary/aromatic N) is 3. The number of likely N-dealkylation sites (tertiary alicyclic amines) is 1. The Kier molecular flexibility index (Phi) is 13.1. The third-order valence-electron chi connectivity index (χ3n) is 7.62. The van der Waals surface area contributed by atoms with Crippen LogP contribution >= 0.6 is 0 Å². The largest absolute Gasteiger partial charge is 0.445 e. The number of alkyl carbamates (subject to hydrolysis) is 1. The van der Waals surface area contributed by atoms with Crippen molar-refractivity contribution in [3.05, 3.63) is 60.2 Å². The molecule has 0 aliphatic carbocycles. The Bertz CT molecular complexity index is 1360. The molecule has 5 atom stereocenters. The van der Waals surface area contributed by atoms with Gasteiger partial charge in [0.05, 0.1) is 18.3 Å². The van der Waals surface area contributed by atoms with E-state index in [1.54, 1.807) is 34.6 Å². The number of nitrogens with one attached hydrogen (secondary N) is 4. The monoisotopic (exact) mass is 637 g/mol. The molecule has 248 valence electrons. The number of aromatic nitrogens is 2. The summed E-state index contributed by atoms with van der Waals surface area (Å²) in [7, 11) is 0. The van der Waals surface area contributed by atoms with Crippen molar-refractivity contribution < 1.29 is 33.5 Å². The topological polar surface area (TPSA) is 189 Å². The number of aldehydes is 1. The van der Waals surface area contributed by atoms with Gasteiger partial charge in [-0.05, 0) is 30.2 Å². The smallest absolute Gasteiger partial charge is 0.407 e. The predicted molar refractivity (Wildman–Crippen MR) is 167 cm³/mol. The van der Waals surface area contributed by atoms with Crippen molar-refractivity contribution in [2.24, 2.45) is 11.8 Å². The molecule has 1 aliphatic heterocycles. The molecular formula is C32H43N7O7. The third kappa shape index (κ3) is 9.81. The van der Waals surface area contributed by atoms with E-state index in [1.807, 2.05) is 30.3 Å². The molecule has 0 radical (unpaired) electrons. The Labute approximate surface area is 268 Å². The quantitative estimate of drug-likeness (QED) is 0.222. The second-order valence-electron chi connectivity index (χ2n) is 11.8. The molecule has 1 aromatic heterocycles. The fourth-order valence-electron chi connectivity index (χ4n) is 4.98. The van der Waals surface area contributed by atoms with Gasteiger partial charge >= 0.3 is 6.09 Å². The molecule has 0 unspecified atom stereocenters. The molecular weight excluding hydrogens is 594 g/mol. The van der Waals surface area contributed by atoms with Crippen LogP contribution in [0, 0.1) is 11.8 Å². The van der Waals surface area contributed by atoms with Crippen molar-refractivity contribution in [2.45, 2.75) is 84.3 Å². The zero-order valence-corrected chi connectivity index (χ0v) is 26.8. The van der Waals surface area contributed by atoms with Gasteiger partial charge in [-0.25, -0.2) is 9.78 Å². The lowest BCUT2D eigenvalue weighted by Crippen LogP contribution is -2.59. The summed E-state index contributed by atoms with van der Waals surface area (Å²) in [6.07, 6.45) is 4.38. The maximum atomic E-state index is 14.1. The van der Waals surface area contributed by atoms with Crippen LogP contribution in [0.4, 0.5) is 4.79 Å². The van der Waals surface area contributed by atoms with Crippen molar-refractivity contribution in [3.63, 3.8) is 0 Å². The molecule has 0 spiro atoms. The maximum Gasteiger partial charge on any atom is 0.407 e. The summed E-state index contributed by atoms with van der Waals surface area (Å²) in [6, 6.07) is 4.61. The molecule has 0 bridgehead atoms. The van der Waals surface area contributed by atoms with Gasteiger partial charge in [-0.15, -0.1) is 0 Å². The SMILES string of the molecule is CC[C@@H](C=O)NC(=O)[C@@H]1C[C@@H](NC(=O)OCc2ccccc2)CN1C(=O)[C@@H](NC(=O)[C@@H](NC(=O)c1cnccn1)C(C)C)C(C)C. The molecule has 1 saturated heterocycles. The normalized spacial score (nSPS) is 17.8. The highest BCUT2D eigenvalue weighted by Gasteiger charge is 2.44. The number of amides is 5. The highest BCUT2D eigenvalue weighted by atomic mass is 16.5. The molecule has 2 heterocycles. The molecule has 2 aromatic rings. The molecule has 4 N–H and O–H groups in total. The third-order valence-corrected chi connectivity index (χ3v) is 7.62. The minimum atomic E-state index is -1.07. The second kappa shape index (κ2) is 17.0. The van der Waals surface area contributed by atoms with Crippen molar-refractivity contribution in [2.75, 3.05) is 6.54 Å². The molecule has 1 aliphatic rings. The van der Waals surface area contributed by atoms with E-state index in [-0.39, 0.29) is 31.2 Å². The summed E-state index contributed by atoms with van der Waals surface area (Å²) < 4.78 is 5.33. The van der Waals surface area contributed by atoms with E-state index in [4.69, 9.17) is 4.74 Å².